The van der Waals surface area contributed by atoms with Crippen molar-refractivity contribution in [3.05, 3.63) is 87.8 Å². The number of fused-ring (bicyclic) bond motifs is 2. The van der Waals surface area contributed by atoms with Crippen LogP contribution >= 0.6 is 31.0 Å². The van der Waals surface area contributed by atoms with Crippen LogP contribution in [0.4, 0.5) is 5.82 Å². The maximum Gasteiger partial charge on any atom is 0.530 e. The summed E-state index contributed by atoms with van der Waals surface area (Å²) in [5, 5.41) is 25.1. The molecule has 0 spiro atoms. The summed E-state index contributed by atoms with van der Waals surface area (Å²) in [5.74, 6) is -0.845. The largest absolute Gasteiger partial charge is 0.530 e. The third-order valence-corrected chi connectivity index (χ3v) is 14.2. The number of nitrogens with zero attached hydrogens (tertiary/aromatic N) is 5. The fourth-order valence-electron chi connectivity index (χ4n) is 8.53. The van der Waals surface area contributed by atoms with Gasteiger partial charge in [-0.25, -0.2) is 14.1 Å². The lowest BCUT2D eigenvalue weighted by Crippen LogP contribution is -2.46. The van der Waals surface area contributed by atoms with Gasteiger partial charge in [0.25, 0.3) is 0 Å². The molecule has 6 atom stereocenters. The molecular weight excluding hydrogens is 930 g/mol. The van der Waals surface area contributed by atoms with E-state index in [4.69, 9.17) is 66.2 Å². The van der Waals surface area contributed by atoms with Gasteiger partial charge in [-0.05, 0) is 62.2 Å². The Labute approximate surface area is 411 Å². The second kappa shape index (κ2) is 26.4. The molecule has 2 saturated heterocycles. The number of rotatable bonds is 31. The number of hydrogen-bond acceptors (Lipinski definition) is 14. The normalized spacial score (nSPS) is 21.0. The number of phosphoric ester groups is 1. The van der Waals surface area contributed by atoms with E-state index in [2.05, 4.69) is 29.1 Å². The van der Waals surface area contributed by atoms with Gasteiger partial charge in [-0.15, -0.1) is 0 Å². The first-order valence-corrected chi connectivity index (χ1v) is 26.4. The highest BCUT2D eigenvalue weighted by atomic mass is 35.5. The van der Waals surface area contributed by atoms with E-state index in [1.807, 2.05) is 0 Å². The predicted molar refractivity (Wildman–Crippen MR) is 260 cm³/mol. The Hall–Kier alpha value is -3.83. The first-order chi connectivity index (χ1) is 32.9. The summed E-state index contributed by atoms with van der Waals surface area (Å²) in [4.78, 5) is 4.08. The number of nitrogens with two attached hydrogens (primary N) is 1. The molecule has 3 unspecified atom stereocenters. The van der Waals surface area contributed by atoms with Gasteiger partial charge in [0.2, 0.25) is 5.60 Å². The molecule has 6 rings (SSSR count). The first kappa shape index (κ1) is 53.5. The monoisotopic (exact) mass is 996 g/mol. The van der Waals surface area contributed by atoms with Crippen LogP contribution in [-0.4, -0.2) is 70.7 Å². The van der Waals surface area contributed by atoms with Crippen LogP contribution in [0.5, 0.6) is 5.75 Å². The van der Waals surface area contributed by atoms with Crippen LogP contribution < -0.4 is 10.3 Å². The summed E-state index contributed by atoms with van der Waals surface area (Å²) in [7, 11) is -4.66. The lowest BCUT2D eigenvalue weighted by molar-refractivity contribution is -0.204. The second-order valence-corrected chi connectivity index (χ2v) is 20.4. The lowest BCUT2D eigenvalue weighted by atomic mass is 9.96. The van der Waals surface area contributed by atoms with Crippen molar-refractivity contribution < 1.29 is 41.8 Å². The number of aromatic nitrogens is 3. The molecule has 2 fully saturated rings. The van der Waals surface area contributed by atoms with Crippen molar-refractivity contribution in [3.8, 4) is 17.9 Å². The molecule has 4 aromatic rings. The molecule has 18 heteroatoms. The number of nitrogen functional groups attached to an aromatic ring is 1. The summed E-state index contributed by atoms with van der Waals surface area (Å²) in [6, 6.07) is 19.2. The molecule has 0 bridgehead atoms. The lowest BCUT2D eigenvalue weighted by Gasteiger charge is -2.30. The standard InChI is InChI=1S/C50H67Cl2N6O9P/c1-4-5-6-7-8-9-10-11-12-13-14-15-16-17-18-21-28-60-32-39(61-31-37-24-25-38(30-53)41(52)29-37)33-62-68(59,67-44-23-20-19-22-40(44)51)63-35-50(34-54)47-46(64-49(2,3)66-47)45(65-50)42-26-27-43-48(55)56-36-57-58(42)43/h19-20,22-27,29,36,39,45-47H,4-18,21,28,31-33,35H2,1-3H3,(H2,55,56,57)/t39-,45+,46?,47?,50-,68?/m1/s1. The molecule has 2 aliphatic rings. The zero-order valence-corrected chi connectivity index (χ0v) is 42.0. The topological polar surface area (TPSA) is 195 Å². The molecule has 4 heterocycles. The summed E-state index contributed by atoms with van der Waals surface area (Å²) < 4.78 is 66.1. The summed E-state index contributed by atoms with van der Waals surface area (Å²) >= 11 is 12.8. The van der Waals surface area contributed by atoms with Crippen LogP contribution in [0.15, 0.2) is 60.9 Å². The summed E-state index contributed by atoms with van der Waals surface area (Å²) in [6.07, 6.45) is 18.2. The molecule has 0 aliphatic carbocycles. The Bertz CT molecular complexity index is 2340. The van der Waals surface area contributed by atoms with E-state index in [-0.39, 0.29) is 36.4 Å². The highest BCUT2D eigenvalue weighted by Crippen LogP contribution is 2.55. The molecule has 0 radical (unpaired) electrons. The van der Waals surface area contributed by atoms with E-state index in [0.29, 0.717) is 34.0 Å². The number of hydrogen-bond donors (Lipinski definition) is 1. The average molecular weight is 998 g/mol. The zero-order chi connectivity index (χ0) is 48.4. The number of unbranched alkanes of at least 4 members (excludes halogenated alkanes) is 15. The van der Waals surface area contributed by atoms with Crippen molar-refractivity contribution in [2.24, 2.45) is 0 Å². The Morgan fingerprint density at radius 3 is 2.16 bits per heavy atom. The SMILES string of the molecule is CCCCCCCCCCCCCCCCCCOC[C@H](COP(=O)(OC[C@@]1(C#N)O[C@@H](c2ccc3c(N)ncnn23)C2OC(C)(C)OC21)Oc1ccccc1Cl)OCc1ccc(C#N)c(Cl)c1. The van der Waals surface area contributed by atoms with Gasteiger partial charge in [0.05, 0.1) is 41.1 Å². The van der Waals surface area contributed by atoms with E-state index in [9.17, 15) is 15.1 Å². The van der Waals surface area contributed by atoms with Crippen molar-refractivity contribution in [1.82, 2.24) is 14.6 Å². The molecular formula is C50H67Cl2N6O9P. The minimum atomic E-state index is -4.66. The van der Waals surface area contributed by atoms with Gasteiger partial charge in [-0.1, -0.05) is 145 Å². The number of ether oxygens (including phenoxy) is 5. The first-order valence-electron chi connectivity index (χ1n) is 24.1. The number of nitriles is 2. The van der Waals surface area contributed by atoms with Gasteiger partial charge < -0.3 is 33.9 Å². The van der Waals surface area contributed by atoms with Gasteiger partial charge >= 0.3 is 7.82 Å². The number of anilines is 1. The summed E-state index contributed by atoms with van der Waals surface area (Å²) in [5.41, 5.74) is 6.35. The minimum absolute atomic E-state index is 0.0227. The molecule has 2 aliphatic heterocycles. The van der Waals surface area contributed by atoms with E-state index < -0.39 is 50.2 Å². The highest BCUT2D eigenvalue weighted by Gasteiger charge is 2.65. The van der Waals surface area contributed by atoms with Crippen LogP contribution in [0, 0.1) is 22.7 Å². The predicted octanol–water partition coefficient (Wildman–Crippen LogP) is 12.4. The van der Waals surface area contributed by atoms with Gasteiger partial charge in [-0.2, -0.15) is 15.6 Å². The molecule has 15 nitrogen and oxygen atoms in total. The molecule has 0 saturated carbocycles. The molecule has 68 heavy (non-hydrogen) atoms. The second-order valence-electron chi connectivity index (χ2n) is 18.0. The maximum absolute atomic E-state index is 14.9. The van der Waals surface area contributed by atoms with Crippen LogP contribution in [0.25, 0.3) is 5.52 Å². The smallest absolute Gasteiger partial charge is 0.402 e. The van der Waals surface area contributed by atoms with Crippen LogP contribution in [0.1, 0.15) is 146 Å². The third kappa shape index (κ3) is 15.1. The fourth-order valence-corrected chi connectivity index (χ4v) is 10.3. The maximum atomic E-state index is 14.9. The highest BCUT2D eigenvalue weighted by molar-refractivity contribution is 7.49. The zero-order valence-electron chi connectivity index (χ0n) is 39.6. The number of halogens is 2. The number of phosphoric acid groups is 1. The number of benzene rings is 2. The molecule has 2 aromatic heterocycles. The molecule has 2 aromatic carbocycles. The summed E-state index contributed by atoms with van der Waals surface area (Å²) in [6.45, 7) is 5.42. The van der Waals surface area contributed by atoms with Gasteiger partial charge in [0.15, 0.2) is 11.6 Å². The Morgan fingerprint density at radius 2 is 1.51 bits per heavy atom. The van der Waals surface area contributed by atoms with Crippen molar-refractivity contribution in [2.75, 3.05) is 32.2 Å². The molecule has 0 amide bonds. The van der Waals surface area contributed by atoms with E-state index in [1.165, 1.54) is 95.9 Å². The van der Waals surface area contributed by atoms with Crippen molar-refractivity contribution in [1.29, 1.82) is 10.5 Å². The van der Waals surface area contributed by atoms with Gasteiger partial charge in [0, 0.05) is 6.61 Å². The van der Waals surface area contributed by atoms with E-state index >= 15 is 0 Å². The Kier molecular flexibility index (Phi) is 20.8. The third-order valence-electron chi connectivity index (χ3n) is 12.2. The van der Waals surface area contributed by atoms with E-state index in [1.54, 1.807) is 66.9 Å². The quantitative estimate of drug-likeness (QED) is 0.0369. The average Bonchev–Trinajstić information content (AvgIpc) is 3.99. The molecule has 2 N–H and O–H groups in total. The van der Waals surface area contributed by atoms with Crippen LogP contribution in [0.2, 0.25) is 10.0 Å². The minimum Gasteiger partial charge on any atom is -0.402 e. The van der Waals surface area contributed by atoms with E-state index in [0.717, 1.165) is 19.3 Å². The van der Waals surface area contributed by atoms with Crippen LogP contribution in [0.3, 0.4) is 0 Å². The van der Waals surface area contributed by atoms with Crippen molar-refractivity contribution in [2.45, 2.75) is 166 Å². The van der Waals surface area contributed by atoms with Crippen molar-refractivity contribution >= 4 is 42.4 Å². The van der Waals surface area contributed by atoms with Gasteiger partial charge in [-0.3, -0.25) is 9.05 Å². The Morgan fingerprint density at radius 1 is 0.838 bits per heavy atom. The molecule has 370 valence electrons. The Balaban J connectivity index is 1.07. The van der Waals surface area contributed by atoms with Crippen LogP contribution in [-0.2, 0) is 43.9 Å². The van der Waals surface area contributed by atoms with Gasteiger partial charge in [0.1, 0.15) is 60.8 Å². The number of para-hydroxylation sites is 1. The fraction of sp³-hybridized carbons (Fsp3) is 0.600. The van der Waals surface area contributed by atoms with Crippen molar-refractivity contribution in [3.63, 3.8) is 0 Å².